The van der Waals surface area contributed by atoms with Gasteiger partial charge in [-0.25, -0.2) is 4.39 Å². The Morgan fingerprint density at radius 1 is 1.44 bits per heavy atom. The molecule has 0 spiro atoms. The molecule has 0 amide bonds. The molecule has 1 unspecified atom stereocenters. The van der Waals surface area contributed by atoms with Gasteiger partial charge in [-0.15, -0.1) is 0 Å². The van der Waals surface area contributed by atoms with E-state index in [2.05, 4.69) is 21.0 Å². The Morgan fingerprint density at radius 3 is 2.75 bits per heavy atom. The maximum Gasteiger partial charge on any atom is 0.124 e. The number of aliphatic hydroxyl groups is 1. The summed E-state index contributed by atoms with van der Waals surface area (Å²) in [7, 11) is 1.75. The van der Waals surface area contributed by atoms with E-state index in [1.165, 1.54) is 12.1 Å². The highest BCUT2D eigenvalue weighted by Gasteiger charge is 2.16. The van der Waals surface area contributed by atoms with Crippen molar-refractivity contribution < 1.29 is 9.50 Å². The Balaban J connectivity index is 2.41. The molecule has 16 heavy (non-hydrogen) atoms. The Bertz CT molecular complexity index is 512. The molecular weight excluding hydrogens is 275 g/mol. The first kappa shape index (κ1) is 11.3. The molecule has 2 rings (SSSR count). The van der Waals surface area contributed by atoms with Crippen LogP contribution in [-0.2, 0) is 7.05 Å². The van der Waals surface area contributed by atoms with E-state index in [4.69, 9.17) is 0 Å². The van der Waals surface area contributed by atoms with Crippen molar-refractivity contribution in [2.24, 2.45) is 7.05 Å². The lowest BCUT2D eigenvalue weighted by Gasteiger charge is -2.13. The third kappa shape index (κ3) is 2.01. The summed E-state index contributed by atoms with van der Waals surface area (Å²) in [4.78, 5) is 0. The lowest BCUT2D eigenvalue weighted by Crippen LogP contribution is -2.07. The van der Waals surface area contributed by atoms with Crippen molar-refractivity contribution in [2.45, 2.75) is 6.10 Å². The van der Waals surface area contributed by atoms with Gasteiger partial charge in [-0.3, -0.25) is 4.68 Å². The molecule has 0 aliphatic rings. The Kier molecular flexibility index (Phi) is 3.07. The first-order valence-electron chi connectivity index (χ1n) is 4.70. The van der Waals surface area contributed by atoms with Gasteiger partial charge in [0.1, 0.15) is 11.9 Å². The SMILES string of the molecule is Cn1nccc1C(O)c1ccc(F)cc1Br. The quantitative estimate of drug-likeness (QED) is 0.920. The van der Waals surface area contributed by atoms with E-state index >= 15 is 0 Å². The van der Waals surface area contributed by atoms with Gasteiger partial charge in [0.2, 0.25) is 0 Å². The second kappa shape index (κ2) is 4.35. The van der Waals surface area contributed by atoms with Gasteiger partial charge in [-0.1, -0.05) is 22.0 Å². The number of rotatable bonds is 2. The largest absolute Gasteiger partial charge is 0.382 e. The van der Waals surface area contributed by atoms with E-state index in [9.17, 15) is 9.50 Å². The normalized spacial score (nSPS) is 12.8. The molecule has 1 atom stereocenters. The molecular formula is C11H10BrFN2O. The number of aromatic nitrogens is 2. The summed E-state index contributed by atoms with van der Waals surface area (Å²) < 4.78 is 15.0. The number of halogens is 2. The van der Waals surface area contributed by atoms with Crippen LogP contribution in [0, 0.1) is 5.82 Å². The van der Waals surface area contributed by atoms with Crippen molar-refractivity contribution in [3.63, 3.8) is 0 Å². The molecule has 0 aliphatic carbocycles. The van der Waals surface area contributed by atoms with Crippen LogP contribution in [0.15, 0.2) is 34.9 Å². The fourth-order valence-corrected chi connectivity index (χ4v) is 2.10. The maximum atomic E-state index is 12.9. The summed E-state index contributed by atoms with van der Waals surface area (Å²) in [5.74, 6) is -0.340. The predicted octanol–water partition coefficient (Wildman–Crippen LogP) is 2.40. The van der Waals surface area contributed by atoms with Crippen LogP contribution in [-0.4, -0.2) is 14.9 Å². The highest BCUT2D eigenvalue weighted by Crippen LogP contribution is 2.28. The molecule has 2 aromatic rings. The van der Waals surface area contributed by atoms with Gasteiger partial charge in [0, 0.05) is 23.3 Å². The van der Waals surface area contributed by atoms with Crippen molar-refractivity contribution in [1.82, 2.24) is 9.78 Å². The van der Waals surface area contributed by atoms with Crippen molar-refractivity contribution in [2.75, 3.05) is 0 Å². The first-order chi connectivity index (χ1) is 7.59. The van der Waals surface area contributed by atoms with Crippen LogP contribution in [0.4, 0.5) is 4.39 Å². The first-order valence-corrected chi connectivity index (χ1v) is 5.50. The van der Waals surface area contributed by atoms with Crippen molar-refractivity contribution >= 4 is 15.9 Å². The van der Waals surface area contributed by atoms with Gasteiger partial charge in [0.25, 0.3) is 0 Å². The van der Waals surface area contributed by atoms with Crippen LogP contribution in [0.2, 0.25) is 0 Å². The summed E-state index contributed by atoms with van der Waals surface area (Å²) in [6.07, 6.45) is 0.790. The third-order valence-corrected chi connectivity index (χ3v) is 3.08. The topological polar surface area (TPSA) is 38.0 Å². The minimum absolute atomic E-state index is 0.340. The highest BCUT2D eigenvalue weighted by molar-refractivity contribution is 9.10. The summed E-state index contributed by atoms with van der Waals surface area (Å²) in [6.45, 7) is 0. The summed E-state index contributed by atoms with van der Waals surface area (Å²) in [6, 6.07) is 5.92. The van der Waals surface area contributed by atoms with E-state index in [0.29, 0.717) is 15.7 Å². The minimum Gasteiger partial charge on any atom is -0.382 e. The smallest absolute Gasteiger partial charge is 0.124 e. The van der Waals surface area contributed by atoms with E-state index < -0.39 is 6.10 Å². The number of hydrogen-bond donors (Lipinski definition) is 1. The van der Waals surface area contributed by atoms with Gasteiger partial charge in [-0.2, -0.15) is 5.10 Å². The van der Waals surface area contributed by atoms with Gasteiger partial charge < -0.3 is 5.11 Å². The number of benzene rings is 1. The average molecular weight is 285 g/mol. The van der Waals surface area contributed by atoms with Crippen LogP contribution in [0.25, 0.3) is 0 Å². The van der Waals surface area contributed by atoms with Crippen molar-refractivity contribution in [3.05, 3.63) is 52.0 Å². The van der Waals surface area contributed by atoms with Crippen molar-refractivity contribution in [3.8, 4) is 0 Å². The number of nitrogens with zero attached hydrogens (tertiary/aromatic N) is 2. The van der Waals surface area contributed by atoms with Crippen LogP contribution in [0.1, 0.15) is 17.4 Å². The Hall–Kier alpha value is -1.20. The van der Waals surface area contributed by atoms with Crippen LogP contribution < -0.4 is 0 Å². The second-order valence-corrected chi connectivity index (χ2v) is 4.30. The van der Waals surface area contributed by atoms with Crippen molar-refractivity contribution in [1.29, 1.82) is 0 Å². The molecule has 1 aromatic carbocycles. The molecule has 0 fully saturated rings. The van der Waals surface area contributed by atoms with Crippen LogP contribution in [0.3, 0.4) is 0 Å². The van der Waals surface area contributed by atoms with Gasteiger partial charge in [-0.05, 0) is 18.2 Å². The van der Waals surface area contributed by atoms with Gasteiger partial charge >= 0.3 is 0 Å². The molecule has 1 N–H and O–H groups in total. The monoisotopic (exact) mass is 284 g/mol. The number of aliphatic hydroxyl groups excluding tert-OH is 1. The zero-order chi connectivity index (χ0) is 11.7. The van der Waals surface area contributed by atoms with Crippen LogP contribution >= 0.6 is 15.9 Å². The number of aryl methyl sites for hydroxylation is 1. The molecule has 5 heteroatoms. The fraction of sp³-hybridized carbons (Fsp3) is 0.182. The molecule has 0 bridgehead atoms. The lowest BCUT2D eigenvalue weighted by molar-refractivity contribution is 0.209. The highest BCUT2D eigenvalue weighted by atomic mass is 79.9. The third-order valence-electron chi connectivity index (χ3n) is 2.40. The van der Waals surface area contributed by atoms with Gasteiger partial charge in [0.05, 0.1) is 5.69 Å². The molecule has 84 valence electrons. The van der Waals surface area contributed by atoms with E-state index in [0.717, 1.165) is 0 Å². The standard InChI is InChI=1S/C11H10BrFN2O/c1-15-10(4-5-14-15)11(16)8-3-2-7(13)6-9(8)12/h2-6,11,16H,1H3. The van der Waals surface area contributed by atoms with E-state index in [1.807, 2.05) is 0 Å². The summed E-state index contributed by atoms with van der Waals surface area (Å²) in [5.41, 5.74) is 1.28. The molecule has 1 aromatic heterocycles. The average Bonchev–Trinajstić information content (AvgIpc) is 2.63. The van der Waals surface area contributed by atoms with Gasteiger partial charge in [0.15, 0.2) is 0 Å². The summed E-state index contributed by atoms with van der Waals surface area (Å²) >= 11 is 3.23. The molecule has 1 heterocycles. The predicted molar refractivity (Wildman–Crippen MR) is 61.4 cm³/mol. The minimum atomic E-state index is -0.817. The maximum absolute atomic E-state index is 12.9. The molecule has 3 nitrogen and oxygen atoms in total. The summed E-state index contributed by atoms with van der Waals surface area (Å²) in [5, 5.41) is 14.1. The lowest BCUT2D eigenvalue weighted by atomic mass is 10.1. The molecule has 0 saturated carbocycles. The van der Waals surface area contributed by atoms with Crippen LogP contribution in [0.5, 0.6) is 0 Å². The fourth-order valence-electron chi connectivity index (χ4n) is 1.53. The molecule has 0 aliphatic heterocycles. The second-order valence-electron chi connectivity index (χ2n) is 3.45. The van der Waals surface area contributed by atoms with E-state index in [-0.39, 0.29) is 5.82 Å². The number of hydrogen-bond acceptors (Lipinski definition) is 2. The molecule has 0 radical (unpaired) electrons. The Labute approximate surface area is 101 Å². The zero-order valence-corrected chi connectivity index (χ0v) is 10.1. The van der Waals surface area contributed by atoms with E-state index in [1.54, 1.807) is 30.1 Å². The Morgan fingerprint density at radius 2 is 2.19 bits per heavy atom. The zero-order valence-electron chi connectivity index (χ0n) is 8.56. The molecule has 0 saturated heterocycles.